The van der Waals surface area contributed by atoms with Gasteiger partial charge in [0.1, 0.15) is 5.75 Å². The summed E-state index contributed by atoms with van der Waals surface area (Å²) in [5.74, 6) is 0.721. The van der Waals surface area contributed by atoms with Gasteiger partial charge in [0.15, 0.2) is 0 Å². The van der Waals surface area contributed by atoms with Gasteiger partial charge in [-0.2, -0.15) is 0 Å². The highest BCUT2D eigenvalue weighted by atomic mass is 32.1. The molecular weight excluding hydrogens is 272 g/mol. The third-order valence-electron chi connectivity index (χ3n) is 3.05. The first-order valence-electron chi connectivity index (χ1n) is 6.54. The quantitative estimate of drug-likeness (QED) is 0.859. The van der Waals surface area contributed by atoms with Crippen LogP contribution in [-0.2, 0) is 6.54 Å². The Hall–Kier alpha value is -1.43. The number of methoxy groups -OCH3 is 1. The standard InChI is InChI=1S/C15H20N2O2S/c1-10-4-5-15(19-3)13(6-10)14(18)9-16-7-12-8-17-11(2)20-12/h4-6,8,14,16,18H,7,9H2,1-3H3. The van der Waals surface area contributed by atoms with Crippen LogP contribution < -0.4 is 10.1 Å². The van der Waals surface area contributed by atoms with Crippen LogP contribution in [0.4, 0.5) is 0 Å². The fourth-order valence-electron chi connectivity index (χ4n) is 2.04. The van der Waals surface area contributed by atoms with E-state index in [2.05, 4.69) is 10.3 Å². The molecule has 0 radical (unpaired) electrons. The van der Waals surface area contributed by atoms with Crippen LogP contribution >= 0.6 is 11.3 Å². The van der Waals surface area contributed by atoms with Crippen LogP contribution in [0, 0.1) is 13.8 Å². The summed E-state index contributed by atoms with van der Waals surface area (Å²) >= 11 is 1.67. The first kappa shape index (κ1) is 15.0. The fourth-order valence-corrected chi connectivity index (χ4v) is 2.81. The van der Waals surface area contributed by atoms with Crippen molar-refractivity contribution in [3.8, 4) is 5.75 Å². The lowest BCUT2D eigenvalue weighted by Gasteiger charge is -2.16. The molecule has 0 fully saturated rings. The molecule has 108 valence electrons. The molecule has 0 saturated carbocycles. The Balaban J connectivity index is 1.94. The monoisotopic (exact) mass is 292 g/mol. The zero-order chi connectivity index (χ0) is 14.5. The number of aryl methyl sites for hydroxylation is 2. The minimum absolute atomic E-state index is 0.483. The molecule has 1 heterocycles. The average molecular weight is 292 g/mol. The average Bonchev–Trinajstić information content (AvgIpc) is 2.84. The number of aromatic nitrogens is 1. The van der Waals surface area contributed by atoms with E-state index in [9.17, 15) is 5.11 Å². The number of aliphatic hydroxyl groups is 1. The van der Waals surface area contributed by atoms with Crippen molar-refractivity contribution in [2.24, 2.45) is 0 Å². The maximum Gasteiger partial charge on any atom is 0.124 e. The lowest BCUT2D eigenvalue weighted by molar-refractivity contribution is 0.170. The molecular formula is C15H20N2O2S. The number of aliphatic hydroxyl groups excluding tert-OH is 1. The zero-order valence-electron chi connectivity index (χ0n) is 12.0. The zero-order valence-corrected chi connectivity index (χ0v) is 12.8. The molecule has 20 heavy (non-hydrogen) atoms. The van der Waals surface area contributed by atoms with E-state index in [1.807, 2.05) is 38.2 Å². The summed E-state index contributed by atoms with van der Waals surface area (Å²) in [6.07, 6.45) is 1.28. The van der Waals surface area contributed by atoms with Crippen molar-refractivity contribution < 1.29 is 9.84 Å². The molecule has 2 rings (SSSR count). The van der Waals surface area contributed by atoms with E-state index in [-0.39, 0.29) is 0 Å². The van der Waals surface area contributed by atoms with Crippen LogP contribution in [0.15, 0.2) is 24.4 Å². The van der Waals surface area contributed by atoms with Gasteiger partial charge in [0.2, 0.25) is 0 Å². The van der Waals surface area contributed by atoms with Gasteiger partial charge in [-0.3, -0.25) is 0 Å². The Kier molecular flexibility index (Phi) is 5.11. The Morgan fingerprint density at radius 1 is 1.40 bits per heavy atom. The van der Waals surface area contributed by atoms with E-state index in [1.54, 1.807) is 18.4 Å². The molecule has 5 heteroatoms. The molecule has 0 amide bonds. The van der Waals surface area contributed by atoms with Crippen molar-refractivity contribution in [1.29, 1.82) is 0 Å². The molecule has 1 atom stereocenters. The number of rotatable bonds is 6. The minimum Gasteiger partial charge on any atom is -0.496 e. The second-order valence-corrected chi connectivity index (χ2v) is 6.06. The van der Waals surface area contributed by atoms with Gasteiger partial charge in [0.25, 0.3) is 0 Å². The van der Waals surface area contributed by atoms with Gasteiger partial charge in [-0.1, -0.05) is 11.6 Å². The molecule has 2 N–H and O–H groups in total. The highest BCUT2D eigenvalue weighted by Gasteiger charge is 2.13. The van der Waals surface area contributed by atoms with E-state index in [0.29, 0.717) is 6.54 Å². The molecule has 0 aliphatic rings. The molecule has 1 aromatic carbocycles. The van der Waals surface area contributed by atoms with Gasteiger partial charge in [0.05, 0.1) is 18.2 Å². The second kappa shape index (κ2) is 6.83. The van der Waals surface area contributed by atoms with Crippen LogP contribution in [0.2, 0.25) is 0 Å². The number of ether oxygens (including phenoxy) is 1. The minimum atomic E-state index is -0.584. The Morgan fingerprint density at radius 3 is 2.85 bits per heavy atom. The summed E-state index contributed by atoms with van der Waals surface area (Å²) < 4.78 is 5.29. The summed E-state index contributed by atoms with van der Waals surface area (Å²) in [7, 11) is 1.62. The maximum atomic E-state index is 10.3. The van der Waals surface area contributed by atoms with Crippen LogP contribution in [0.3, 0.4) is 0 Å². The molecule has 1 unspecified atom stereocenters. The Labute approximate surface area is 123 Å². The van der Waals surface area contributed by atoms with E-state index < -0.39 is 6.10 Å². The molecule has 0 spiro atoms. The van der Waals surface area contributed by atoms with Gasteiger partial charge in [-0.05, 0) is 26.0 Å². The summed E-state index contributed by atoms with van der Waals surface area (Å²) in [6.45, 7) is 5.19. The van der Waals surface area contributed by atoms with Gasteiger partial charge >= 0.3 is 0 Å². The van der Waals surface area contributed by atoms with Crippen LogP contribution in [0.1, 0.15) is 27.1 Å². The van der Waals surface area contributed by atoms with E-state index in [1.165, 1.54) is 4.88 Å². The third kappa shape index (κ3) is 3.79. The van der Waals surface area contributed by atoms with Crippen molar-refractivity contribution >= 4 is 11.3 Å². The van der Waals surface area contributed by atoms with Gasteiger partial charge < -0.3 is 15.2 Å². The lowest BCUT2D eigenvalue weighted by atomic mass is 10.1. The van der Waals surface area contributed by atoms with Crippen LogP contribution in [-0.4, -0.2) is 23.7 Å². The van der Waals surface area contributed by atoms with E-state index in [4.69, 9.17) is 4.74 Å². The third-order valence-corrected chi connectivity index (χ3v) is 3.96. The fraction of sp³-hybridized carbons (Fsp3) is 0.400. The first-order chi connectivity index (χ1) is 9.60. The number of hydrogen-bond acceptors (Lipinski definition) is 5. The molecule has 1 aromatic heterocycles. The molecule has 0 saturated heterocycles. The smallest absolute Gasteiger partial charge is 0.124 e. The number of nitrogens with one attached hydrogen (secondary N) is 1. The van der Waals surface area contributed by atoms with Crippen LogP contribution in [0.5, 0.6) is 5.75 Å². The van der Waals surface area contributed by atoms with Crippen molar-refractivity contribution in [1.82, 2.24) is 10.3 Å². The summed E-state index contributed by atoms with van der Waals surface area (Å²) in [5.41, 5.74) is 1.93. The molecule has 0 bridgehead atoms. The SMILES string of the molecule is COc1ccc(C)cc1C(O)CNCc1cnc(C)s1. The molecule has 0 aliphatic heterocycles. The highest BCUT2D eigenvalue weighted by Crippen LogP contribution is 2.26. The highest BCUT2D eigenvalue weighted by molar-refractivity contribution is 7.11. The molecule has 4 nitrogen and oxygen atoms in total. The maximum absolute atomic E-state index is 10.3. The van der Waals surface area contributed by atoms with E-state index >= 15 is 0 Å². The normalized spacial score (nSPS) is 12.4. The number of hydrogen-bond donors (Lipinski definition) is 2. The van der Waals surface area contributed by atoms with Gasteiger partial charge in [0, 0.05) is 29.7 Å². The number of benzene rings is 1. The predicted molar refractivity (Wildman–Crippen MR) is 81.2 cm³/mol. The number of thiazole rings is 1. The van der Waals surface area contributed by atoms with Gasteiger partial charge in [-0.15, -0.1) is 11.3 Å². The second-order valence-electron chi connectivity index (χ2n) is 4.74. The molecule has 2 aromatic rings. The van der Waals surface area contributed by atoms with Crippen molar-refractivity contribution in [3.05, 3.63) is 45.4 Å². The Morgan fingerprint density at radius 2 is 2.20 bits per heavy atom. The summed E-state index contributed by atoms with van der Waals surface area (Å²) in [5, 5.41) is 14.6. The predicted octanol–water partition coefficient (Wildman–Crippen LogP) is 2.59. The largest absolute Gasteiger partial charge is 0.496 e. The lowest BCUT2D eigenvalue weighted by Crippen LogP contribution is -2.21. The van der Waals surface area contributed by atoms with E-state index in [0.717, 1.165) is 28.4 Å². The number of nitrogens with zero attached hydrogens (tertiary/aromatic N) is 1. The summed E-state index contributed by atoms with van der Waals surface area (Å²) in [6, 6.07) is 5.82. The van der Waals surface area contributed by atoms with Crippen molar-refractivity contribution in [3.63, 3.8) is 0 Å². The Bertz CT molecular complexity index is 569. The van der Waals surface area contributed by atoms with Gasteiger partial charge in [-0.25, -0.2) is 4.98 Å². The topological polar surface area (TPSA) is 54.4 Å². The van der Waals surface area contributed by atoms with Crippen molar-refractivity contribution in [2.45, 2.75) is 26.5 Å². The van der Waals surface area contributed by atoms with Crippen LogP contribution in [0.25, 0.3) is 0 Å². The summed E-state index contributed by atoms with van der Waals surface area (Å²) in [4.78, 5) is 5.38. The van der Waals surface area contributed by atoms with Crippen molar-refractivity contribution in [2.75, 3.05) is 13.7 Å². The molecule has 0 aliphatic carbocycles. The first-order valence-corrected chi connectivity index (χ1v) is 7.36.